The molecule has 6 heteroatoms. The number of rotatable bonds is 4. The topological polar surface area (TPSA) is 55.4 Å². The Morgan fingerprint density at radius 1 is 1.05 bits per heavy atom. The third-order valence-electron chi connectivity index (χ3n) is 3.01. The fraction of sp³-hybridized carbons (Fsp3) is 0.0625. The Bertz CT molecular complexity index is 792. The number of nitrogens with one attached hydrogen (secondary N) is 1. The smallest absolute Gasteiger partial charge is 0.287 e. The van der Waals surface area contributed by atoms with Gasteiger partial charge in [-0.05, 0) is 64.5 Å². The van der Waals surface area contributed by atoms with E-state index in [2.05, 4.69) is 21.2 Å². The Labute approximate surface area is 140 Å². The molecule has 3 aromatic rings. The first kappa shape index (κ1) is 14.9. The molecular formula is C16H11BrClNO3. The minimum atomic E-state index is -0.296. The number of furan rings is 2. The zero-order chi connectivity index (χ0) is 15.5. The zero-order valence-electron chi connectivity index (χ0n) is 11.3. The van der Waals surface area contributed by atoms with Gasteiger partial charge in [-0.2, -0.15) is 0 Å². The van der Waals surface area contributed by atoms with Crippen molar-refractivity contribution in [1.29, 1.82) is 0 Å². The van der Waals surface area contributed by atoms with E-state index in [1.165, 1.54) is 0 Å². The highest BCUT2D eigenvalue weighted by molar-refractivity contribution is 9.10. The van der Waals surface area contributed by atoms with E-state index in [0.717, 1.165) is 11.3 Å². The van der Waals surface area contributed by atoms with Crippen LogP contribution in [0, 0.1) is 0 Å². The number of benzene rings is 1. The molecule has 0 bridgehead atoms. The molecule has 0 aliphatic rings. The van der Waals surface area contributed by atoms with Crippen LogP contribution in [0.4, 0.5) is 0 Å². The Balaban J connectivity index is 1.64. The fourth-order valence-corrected chi connectivity index (χ4v) is 2.37. The lowest BCUT2D eigenvalue weighted by molar-refractivity contribution is 0.0919. The van der Waals surface area contributed by atoms with E-state index in [1.54, 1.807) is 24.3 Å². The molecule has 2 heterocycles. The Hall–Kier alpha value is -1.98. The first-order valence-electron chi connectivity index (χ1n) is 6.50. The predicted octanol–water partition coefficient (Wildman–Crippen LogP) is 4.89. The van der Waals surface area contributed by atoms with Crippen molar-refractivity contribution in [2.75, 3.05) is 0 Å². The van der Waals surface area contributed by atoms with Crippen molar-refractivity contribution < 1.29 is 13.6 Å². The van der Waals surface area contributed by atoms with Crippen LogP contribution in [0.25, 0.3) is 11.3 Å². The molecule has 0 spiro atoms. The summed E-state index contributed by atoms with van der Waals surface area (Å²) in [6.45, 7) is 0.282. The van der Waals surface area contributed by atoms with Crippen molar-refractivity contribution in [2.24, 2.45) is 0 Å². The van der Waals surface area contributed by atoms with Gasteiger partial charge in [0.05, 0.1) is 6.54 Å². The van der Waals surface area contributed by atoms with Crippen LogP contribution >= 0.6 is 27.5 Å². The lowest BCUT2D eigenvalue weighted by Gasteiger charge is -2.01. The number of carbonyl (C=O) groups excluding carboxylic acids is 1. The minimum absolute atomic E-state index is 0.247. The van der Waals surface area contributed by atoms with Crippen LogP contribution in [0.1, 0.15) is 16.3 Å². The van der Waals surface area contributed by atoms with Gasteiger partial charge in [0.2, 0.25) is 0 Å². The van der Waals surface area contributed by atoms with Crippen LogP contribution in [-0.2, 0) is 6.54 Å². The molecule has 1 N–H and O–H groups in total. The quantitative estimate of drug-likeness (QED) is 0.701. The van der Waals surface area contributed by atoms with Gasteiger partial charge in [0, 0.05) is 10.6 Å². The molecule has 2 aromatic heterocycles. The summed E-state index contributed by atoms with van der Waals surface area (Å²) >= 11 is 9.01. The van der Waals surface area contributed by atoms with Crippen molar-refractivity contribution in [3.05, 3.63) is 69.7 Å². The summed E-state index contributed by atoms with van der Waals surface area (Å²) in [4.78, 5) is 11.9. The van der Waals surface area contributed by atoms with Crippen LogP contribution in [0.5, 0.6) is 0 Å². The van der Waals surface area contributed by atoms with E-state index in [-0.39, 0.29) is 18.2 Å². The van der Waals surface area contributed by atoms with Gasteiger partial charge in [0.15, 0.2) is 10.4 Å². The normalized spacial score (nSPS) is 10.6. The second-order valence-corrected chi connectivity index (χ2v) is 5.78. The number of halogens is 2. The van der Waals surface area contributed by atoms with Crippen molar-refractivity contribution in [3.8, 4) is 11.3 Å². The van der Waals surface area contributed by atoms with Crippen LogP contribution in [0.15, 0.2) is 62.0 Å². The van der Waals surface area contributed by atoms with Gasteiger partial charge in [-0.1, -0.05) is 11.6 Å². The van der Waals surface area contributed by atoms with Crippen LogP contribution < -0.4 is 5.32 Å². The second-order valence-electron chi connectivity index (χ2n) is 4.56. The average Bonchev–Trinajstić information content (AvgIpc) is 3.15. The Kier molecular flexibility index (Phi) is 4.36. The summed E-state index contributed by atoms with van der Waals surface area (Å²) in [5.41, 5.74) is 0.928. The van der Waals surface area contributed by atoms with Crippen molar-refractivity contribution in [2.45, 2.75) is 6.54 Å². The third kappa shape index (κ3) is 3.43. The maximum atomic E-state index is 11.9. The van der Waals surface area contributed by atoms with Crippen molar-refractivity contribution in [1.82, 2.24) is 5.32 Å². The summed E-state index contributed by atoms with van der Waals surface area (Å²) < 4.78 is 11.4. The van der Waals surface area contributed by atoms with E-state index in [0.29, 0.717) is 15.5 Å². The molecule has 0 saturated heterocycles. The first-order valence-corrected chi connectivity index (χ1v) is 7.67. The molecule has 112 valence electrons. The number of amides is 1. The van der Waals surface area contributed by atoms with E-state index in [9.17, 15) is 4.79 Å². The first-order chi connectivity index (χ1) is 10.6. The highest BCUT2D eigenvalue weighted by Crippen LogP contribution is 2.23. The summed E-state index contributed by atoms with van der Waals surface area (Å²) in [5, 5.41) is 3.41. The van der Waals surface area contributed by atoms with Gasteiger partial charge in [0.1, 0.15) is 11.5 Å². The van der Waals surface area contributed by atoms with Crippen LogP contribution in [-0.4, -0.2) is 5.91 Å². The SMILES string of the molecule is O=C(NCc1ccc(-c2ccc(Cl)cc2)o1)c1ccc(Br)o1. The van der Waals surface area contributed by atoms with Gasteiger partial charge in [-0.25, -0.2) is 0 Å². The zero-order valence-corrected chi connectivity index (χ0v) is 13.6. The number of hydrogen-bond acceptors (Lipinski definition) is 3. The Morgan fingerprint density at radius 3 is 2.50 bits per heavy atom. The molecule has 4 nitrogen and oxygen atoms in total. The summed E-state index contributed by atoms with van der Waals surface area (Å²) in [6, 6.07) is 14.3. The van der Waals surface area contributed by atoms with Gasteiger partial charge in [-0.15, -0.1) is 0 Å². The number of hydrogen-bond donors (Lipinski definition) is 1. The molecule has 0 aliphatic carbocycles. The summed E-state index contributed by atoms with van der Waals surface area (Å²) in [5.74, 6) is 1.33. The molecule has 0 saturated carbocycles. The molecule has 3 rings (SSSR count). The van der Waals surface area contributed by atoms with Gasteiger partial charge in [-0.3, -0.25) is 4.79 Å². The maximum Gasteiger partial charge on any atom is 0.287 e. The summed E-state index contributed by atoms with van der Waals surface area (Å²) in [7, 11) is 0. The molecule has 0 aliphatic heterocycles. The minimum Gasteiger partial charge on any atom is -0.459 e. The average molecular weight is 381 g/mol. The predicted molar refractivity (Wildman–Crippen MR) is 86.7 cm³/mol. The molecule has 0 unspecified atom stereocenters. The molecule has 0 fully saturated rings. The molecule has 1 aromatic carbocycles. The fourth-order valence-electron chi connectivity index (χ4n) is 1.93. The highest BCUT2D eigenvalue weighted by atomic mass is 79.9. The van der Waals surface area contributed by atoms with Gasteiger partial charge in [0.25, 0.3) is 5.91 Å². The molecule has 0 radical (unpaired) electrons. The van der Waals surface area contributed by atoms with Gasteiger partial charge < -0.3 is 14.2 Å². The Morgan fingerprint density at radius 2 is 1.82 bits per heavy atom. The van der Waals surface area contributed by atoms with E-state index < -0.39 is 0 Å². The molecule has 0 atom stereocenters. The monoisotopic (exact) mass is 379 g/mol. The summed E-state index contributed by atoms with van der Waals surface area (Å²) in [6.07, 6.45) is 0. The standard InChI is InChI=1S/C16H11BrClNO3/c17-15-8-7-14(22-15)16(20)19-9-12-5-6-13(21-12)10-1-3-11(18)4-2-10/h1-8H,9H2,(H,19,20). The van der Waals surface area contributed by atoms with Gasteiger partial charge >= 0.3 is 0 Å². The maximum absolute atomic E-state index is 11.9. The van der Waals surface area contributed by atoms with E-state index in [4.69, 9.17) is 20.4 Å². The molecule has 22 heavy (non-hydrogen) atoms. The number of carbonyl (C=O) groups is 1. The second kappa shape index (κ2) is 6.42. The lowest BCUT2D eigenvalue weighted by atomic mass is 10.2. The van der Waals surface area contributed by atoms with Crippen molar-refractivity contribution >= 4 is 33.4 Å². The van der Waals surface area contributed by atoms with Crippen LogP contribution in [0.2, 0.25) is 5.02 Å². The van der Waals surface area contributed by atoms with E-state index in [1.807, 2.05) is 24.3 Å². The van der Waals surface area contributed by atoms with Crippen LogP contribution in [0.3, 0.4) is 0 Å². The lowest BCUT2D eigenvalue weighted by Crippen LogP contribution is -2.21. The highest BCUT2D eigenvalue weighted by Gasteiger charge is 2.11. The molecule has 1 amide bonds. The third-order valence-corrected chi connectivity index (χ3v) is 3.69. The molecular weight excluding hydrogens is 370 g/mol. The van der Waals surface area contributed by atoms with Crippen molar-refractivity contribution in [3.63, 3.8) is 0 Å². The largest absolute Gasteiger partial charge is 0.459 e. The van der Waals surface area contributed by atoms with E-state index >= 15 is 0 Å².